The average molecular weight is 310 g/mol. The van der Waals surface area contributed by atoms with Crippen molar-refractivity contribution in [3.63, 3.8) is 0 Å². The van der Waals surface area contributed by atoms with Gasteiger partial charge in [-0.25, -0.2) is 0 Å². The van der Waals surface area contributed by atoms with Crippen LogP contribution in [-0.2, 0) is 11.2 Å². The normalized spacial score (nSPS) is 10.4. The van der Waals surface area contributed by atoms with Crippen LogP contribution < -0.4 is 10.6 Å². The molecule has 4 heteroatoms. The van der Waals surface area contributed by atoms with Gasteiger partial charge in [0.1, 0.15) is 0 Å². The summed E-state index contributed by atoms with van der Waals surface area (Å²) >= 11 is 5.13. The summed E-state index contributed by atoms with van der Waals surface area (Å²) in [6.45, 7) is 2.10. The number of hydrogen-bond acceptors (Lipinski definition) is 2. The fraction of sp³-hybridized carbons (Fsp3) is 0.111. The summed E-state index contributed by atoms with van der Waals surface area (Å²) in [5, 5.41) is 5.89. The maximum atomic E-state index is 11.8. The number of thiocarbonyl (C=S) groups is 1. The SMILES string of the molecule is CCc1ccc(NC(=S)NC(=O)C=Cc2ccccc2)cc1. The Morgan fingerprint density at radius 3 is 2.41 bits per heavy atom. The van der Waals surface area contributed by atoms with Crippen LogP contribution in [0, 0.1) is 0 Å². The lowest BCUT2D eigenvalue weighted by Crippen LogP contribution is -2.32. The van der Waals surface area contributed by atoms with Crippen LogP contribution in [0.15, 0.2) is 60.7 Å². The van der Waals surface area contributed by atoms with Crippen LogP contribution in [0.5, 0.6) is 0 Å². The van der Waals surface area contributed by atoms with Crippen molar-refractivity contribution in [1.29, 1.82) is 0 Å². The minimum absolute atomic E-state index is 0.258. The molecule has 0 saturated heterocycles. The van der Waals surface area contributed by atoms with E-state index in [1.54, 1.807) is 6.08 Å². The first-order valence-corrected chi connectivity index (χ1v) is 7.52. The highest BCUT2D eigenvalue weighted by atomic mass is 32.1. The Morgan fingerprint density at radius 2 is 1.77 bits per heavy atom. The molecule has 0 saturated carbocycles. The molecule has 0 aromatic heterocycles. The number of hydrogen-bond donors (Lipinski definition) is 2. The Hall–Kier alpha value is -2.46. The van der Waals surface area contributed by atoms with E-state index in [9.17, 15) is 4.79 Å². The van der Waals surface area contributed by atoms with Crippen LogP contribution in [0.3, 0.4) is 0 Å². The van der Waals surface area contributed by atoms with Crippen molar-refractivity contribution in [1.82, 2.24) is 5.32 Å². The molecule has 2 rings (SSSR count). The molecule has 0 heterocycles. The van der Waals surface area contributed by atoms with E-state index in [1.807, 2.05) is 54.6 Å². The third kappa shape index (κ3) is 5.14. The second-order valence-corrected chi connectivity index (χ2v) is 5.15. The number of carbonyl (C=O) groups is 1. The Labute approximate surface area is 136 Å². The number of rotatable bonds is 4. The average Bonchev–Trinajstić information content (AvgIpc) is 2.54. The van der Waals surface area contributed by atoms with Crippen molar-refractivity contribution in [2.24, 2.45) is 0 Å². The minimum Gasteiger partial charge on any atom is -0.332 e. The molecule has 0 radical (unpaired) electrons. The van der Waals surface area contributed by atoms with Crippen LogP contribution in [0.2, 0.25) is 0 Å². The highest BCUT2D eigenvalue weighted by Crippen LogP contribution is 2.09. The van der Waals surface area contributed by atoms with Crippen molar-refractivity contribution in [2.75, 3.05) is 5.32 Å². The summed E-state index contributed by atoms with van der Waals surface area (Å²) in [4.78, 5) is 11.8. The fourth-order valence-electron chi connectivity index (χ4n) is 1.88. The van der Waals surface area contributed by atoms with Gasteiger partial charge >= 0.3 is 0 Å². The molecule has 3 nitrogen and oxygen atoms in total. The zero-order valence-electron chi connectivity index (χ0n) is 12.4. The lowest BCUT2D eigenvalue weighted by Gasteiger charge is -2.08. The smallest absolute Gasteiger partial charge is 0.250 e. The minimum atomic E-state index is -0.258. The van der Waals surface area contributed by atoms with Gasteiger partial charge in [-0.2, -0.15) is 0 Å². The van der Waals surface area contributed by atoms with E-state index < -0.39 is 0 Å². The summed E-state index contributed by atoms with van der Waals surface area (Å²) < 4.78 is 0. The molecule has 2 N–H and O–H groups in total. The van der Waals surface area contributed by atoms with Gasteiger partial charge in [-0.05, 0) is 48.0 Å². The number of amides is 1. The first kappa shape index (κ1) is 15.9. The molecule has 0 atom stereocenters. The standard InChI is InChI=1S/C18H18N2OS/c1-2-14-8-11-16(12-9-14)19-18(22)20-17(21)13-10-15-6-4-3-5-7-15/h3-13H,2H2,1H3,(H2,19,20,21,22). The first-order valence-electron chi connectivity index (χ1n) is 7.11. The van der Waals surface area contributed by atoms with Crippen molar-refractivity contribution in [3.05, 3.63) is 71.8 Å². The van der Waals surface area contributed by atoms with Crippen molar-refractivity contribution in [2.45, 2.75) is 13.3 Å². The molecular weight excluding hydrogens is 292 g/mol. The lowest BCUT2D eigenvalue weighted by atomic mass is 10.1. The second kappa shape index (κ2) is 8.10. The fourth-order valence-corrected chi connectivity index (χ4v) is 2.09. The van der Waals surface area contributed by atoms with Crippen LogP contribution in [0.4, 0.5) is 5.69 Å². The Balaban J connectivity index is 1.85. The molecule has 22 heavy (non-hydrogen) atoms. The summed E-state index contributed by atoms with van der Waals surface area (Å²) in [7, 11) is 0. The zero-order valence-corrected chi connectivity index (χ0v) is 13.2. The van der Waals surface area contributed by atoms with Crippen molar-refractivity contribution in [3.8, 4) is 0 Å². The third-order valence-electron chi connectivity index (χ3n) is 3.08. The molecule has 0 unspecified atom stereocenters. The molecule has 0 spiro atoms. The first-order chi connectivity index (χ1) is 10.7. The highest BCUT2D eigenvalue weighted by molar-refractivity contribution is 7.80. The Kier molecular flexibility index (Phi) is 5.86. The molecule has 0 bridgehead atoms. The van der Waals surface area contributed by atoms with Crippen LogP contribution in [-0.4, -0.2) is 11.0 Å². The van der Waals surface area contributed by atoms with Gasteiger partial charge in [-0.3, -0.25) is 10.1 Å². The number of benzene rings is 2. The molecule has 1 amide bonds. The zero-order chi connectivity index (χ0) is 15.8. The van der Waals surface area contributed by atoms with E-state index in [2.05, 4.69) is 17.6 Å². The molecule has 112 valence electrons. The molecule has 2 aromatic carbocycles. The monoisotopic (exact) mass is 310 g/mol. The van der Waals surface area contributed by atoms with Gasteiger partial charge in [0.15, 0.2) is 5.11 Å². The maximum absolute atomic E-state index is 11.8. The van der Waals surface area contributed by atoms with Gasteiger partial charge in [-0.1, -0.05) is 49.4 Å². The molecule has 0 aliphatic carbocycles. The van der Waals surface area contributed by atoms with Gasteiger partial charge in [0.05, 0.1) is 0 Å². The van der Waals surface area contributed by atoms with Gasteiger partial charge in [0.25, 0.3) is 0 Å². The Morgan fingerprint density at radius 1 is 1.09 bits per heavy atom. The quantitative estimate of drug-likeness (QED) is 0.667. The van der Waals surface area contributed by atoms with Gasteiger partial charge < -0.3 is 5.32 Å². The molecule has 0 aliphatic rings. The van der Waals surface area contributed by atoms with E-state index in [0.29, 0.717) is 0 Å². The van der Waals surface area contributed by atoms with Crippen molar-refractivity contribution < 1.29 is 4.79 Å². The lowest BCUT2D eigenvalue weighted by molar-refractivity contribution is -0.115. The summed E-state index contributed by atoms with van der Waals surface area (Å²) in [5.74, 6) is -0.258. The summed E-state index contributed by atoms with van der Waals surface area (Å²) in [6, 6.07) is 17.6. The van der Waals surface area contributed by atoms with E-state index in [0.717, 1.165) is 17.7 Å². The number of carbonyl (C=O) groups excluding carboxylic acids is 1. The second-order valence-electron chi connectivity index (χ2n) is 4.74. The Bertz CT molecular complexity index is 663. The van der Waals surface area contributed by atoms with Gasteiger partial charge in [0, 0.05) is 11.8 Å². The van der Waals surface area contributed by atoms with E-state index >= 15 is 0 Å². The van der Waals surface area contributed by atoms with Crippen molar-refractivity contribution >= 4 is 35.0 Å². The van der Waals surface area contributed by atoms with Gasteiger partial charge in [0.2, 0.25) is 5.91 Å². The molecule has 2 aromatic rings. The molecular formula is C18H18N2OS. The molecule has 0 fully saturated rings. The van der Waals surface area contributed by atoms with E-state index in [1.165, 1.54) is 11.6 Å². The highest BCUT2D eigenvalue weighted by Gasteiger charge is 2.01. The van der Waals surface area contributed by atoms with Crippen LogP contribution in [0.1, 0.15) is 18.1 Å². The van der Waals surface area contributed by atoms with Crippen LogP contribution >= 0.6 is 12.2 Å². The largest absolute Gasteiger partial charge is 0.332 e. The van der Waals surface area contributed by atoms with E-state index in [4.69, 9.17) is 12.2 Å². The third-order valence-corrected chi connectivity index (χ3v) is 3.29. The predicted octanol–water partition coefficient (Wildman–Crippen LogP) is 3.78. The number of anilines is 1. The summed E-state index contributed by atoms with van der Waals surface area (Å²) in [5.41, 5.74) is 3.08. The maximum Gasteiger partial charge on any atom is 0.250 e. The number of nitrogens with one attached hydrogen (secondary N) is 2. The number of aryl methyl sites for hydroxylation is 1. The predicted molar refractivity (Wildman–Crippen MR) is 95.7 cm³/mol. The van der Waals surface area contributed by atoms with E-state index in [-0.39, 0.29) is 11.0 Å². The topological polar surface area (TPSA) is 41.1 Å². The van der Waals surface area contributed by atoms with Gasteiger partial charge in [-0.15, -0.1) is 0 Å². The van der Waals surface area contributed by atoms with Crippen LogP contribution in [0.25, 0.3) is 6.08 Å². The summed E-state index contributed by atoms with van der Waals surface area (Å²) in [6.07, 6.45) is 4.20. The molecule has 0 aliphatic heterocycles.